The van der Waals surface area contributed by atoms with Crippen molar-refractivity contribution in [3.05, 3.63) is 79.8 Å². The van der Waals surface area contributed by atoms with Gasteiger partial charge in [-0.3, -0.25) is 0 Å². The molecule has 0 unspecified atom stereocenters. The Hall–Kier alpha value is -1.17. The van der Waals surface area contributed by atoms with Gasteiger partial charge < -0.3 is 4.74 Å². The summed E-state index contributed by atoms with van der Waals surface area (Å²) in [5, 5.41) is 0. The topological polar surface area (TPSA) is 22.1 Å². The van der Waals surface area contributed by atoms with Crippen molar-refractivity contribution in [2.45, 2.75) is 6.61 Å². The minimum atomic E-state index is 0.773. The van der Waals surface area contributed by atoms with Crippen molar-refractivity contribution in [3.63, 3.8) is 0 Å². The maximum atomic E-state index is 5.11. The molecule has 5 heteroatoms. The van der Waals surface area contributed by atoms with E-state index in [1.807, 2.05) is 48.5 Å². The summed E-state index contributed by atoms with van der Waals surface area (Å²) in [6.07, 6.45) is 0. The zero-order chi connectivity index (χ0) is 16.2. The minimum Gasteiger partial charge on any atom is -0.488 e. The number of pyridine rings is 1. The minimum absolute atomic E-state index is 0.773. The molecule has 1 aliphatic rings. The van der Waals surface area contributed by atoms with E-state index in [0.29, 0.717) is 0 Å². The first-order chi connectivity index (χ1) is 11.1. The van der Waals surface area contributed by atoms with Gasteiger partial charge in [0.25, 0.3) is 0 Å². The van der Waals surface area contributed by atoms with Gasteiger partial charge in [-0.25, -0.2) is 4.98 Å². The molecule has 0 N–H and O–H groups in total. The molecule has 4 rings (SSSR count). The Kier molecular flexibility index (Phi) is 5.51. The average molecular weight is 498 g/mol. The summed E-state index contributed by atoms with van der Waals surface area (Å²) in [4.78, 5) is 4.38. The van der Waals surface area contributed by atoms with Crippen LogP contribution in [0.15, 0.2) is 74.2 Å². The summed E-state index contributed by atoms with van der Waals surface area (Å²) in [7, 11) is 0. The maximum absolute atomic E-state index is 5.11. The Morgan fingerprint density at radius 2 is 1.61 bits per heavy atom. The number of nitrogens with zero attached hydrogens (tertiary/aromatic N) is 1. The fourth-order valence-electron chi connectivity index (χ4n) is 2.09. The summed E-state index contributed by atoms with van der Waals surface area (Å²) in [5.74, 6) is 1.03. The van der Waals surface area contributed by atoms with Crippen LogP contribution >= 0.6 is 47.8 Å². The number of hydrogen-bond donors (Lipinski definition) is 0. The maximum Gasteiger partial charge on any atom is 0.126 e. The molecule has 3 aromatic rings. The van der Waals surface area contributed by atoms with Crippen molar-refractivity contribution in [2.24, 2.45) is 0 Å². The predicted molar refractivity (Wildman–Crippen MR) is 104 cm³/mol. The van der Waals surface area contributed by atoms with Gasteiger partial charge in [0.2, 0.25) is 0 Å². The monoisotopic (exact) mass is 495 g/mol. The summed E-state index contributed by atoms with van der Waals surface area (Å²) >= 11 is 10.2. The van der Waals surface area contributed by atoms with Crippen molar-refractivity contribution in [1.29, 1.82) is 0 Å². The van der Waals surface area contributed by atoms with Crippen molar-refractivity contribution < 1.29 is 4.74 Å². The molecule has 1 aromatic heterocycles. The van der Waals surface area contributed by atoms with Gasteiger partial charge in [-0.1, -0.05) is 50.1 Å². The Labute approximate surface area is 160 Å². The van der Waals surface area contributed by atoms with Crippen molar-refractivity contribution in [2.75, 3.05) is 0 Å². The van der Waals surface area contributed by atoms with Gasteiger partial charge in [-0.15, -0.1) is 0 Å². The molecule has 1 aliphatic heterocycles. The number of ether oxygens (including phenoxy) is 1. The van der Waals surface area contributed by atoms with Crippen molar-refractivity contribution in [1.82, 2.24) is 4.98 Å². The second-order valence-corrected chi connectivity index (χ2v) is 7.54. The largest absolute Gasteiger partial charge is 0.488 e. The van der Waals surface area contributed by atoms with E-state index in [0.717, 1.165) is 37.2 Å². The molecule has 0 fully saturated rings. The molecule has 2 heterocycles. The summed E-state index contributed by atoms with van der Waals surface area (Å²) in [5.41, 5.74) is 3.38. The Morgan fingerprint density at radius 1 is 0.826 bits per heavy atom. The molecule has 2 aromatic carbocycles. The molecule has 0 spiro atoms. The van der Waals surface area contributed by atoms with E-state index in [9.17, 15) is 0 Å². The molecule has 0 aliphatic carbocycles. The number of halogens is 3. The van der Waals surface area contributed by atoms with Crippen LogP contribution in [-0.2, 0) is 6.61 Å². The molecule has 0 atom stereocenters. The van der Waals surface area contributed by atoms with Crippen LogP contribution in [0.4, 0.5) is 0 Å². The number of aromatic nitrogens is 1. The van der Waals surface area contributed by atoms with E-state index >= 15 is 0 Å². The van der Waals surface area contributed by atoms with Crippen LogP contribution in [0.25, 0.3) is 11.3 Å². The zero-order valence-corrected chi connectivity index (χ0v) is 16.7. The third-order valence-corrected chi connectivity index (χ3v) is 4.67. The van der Waals surface area contributed by atoms with E-state index in [-0.39, 0.29) is 0 Å². The van der Waals surface area contributed by atoms with Crippen LogP contribution < -0.4 is 4.74 Å². The van der Waals surface area contributed by atoms with Gasteiger partial charge in [0.05, 0.1) is 5.69 Å². The molecule has 23 heavy (non-hydrogen) atoms. The summed E-state index contributed by atoms with van der Waals surface area (Å²) in [6.45, 7) is 0.773. The highest BCUT2D eigenvalue weighted by atomic mass is 79.9. The van der Waals surface area contributed by atoms with Crippen molar-refractivity contribution >= 4 is 47.8 Å². The molecular formula is C18H12Br3NO. The van der Waals surface area contributed by atoms with E-state index < -0.39 is 0 Å². The molecule has 0 amide bonds. The van der Waals surface area contributed by atoms with Crippen LogP contribution in [0.1, 0.15) is 5.56 Å². The number of benzene rings is 2. The van der Waals surface area contributed by atoms with E-state index in [1.54, 1.807) is 0 Å². The standard InChI is InChI=1S/C11H7Br2N.C7H5BrO/c12-9-4-1-3-8(7-9)10-5-2-6-11(13)14-10;8-6-1-2-7-5(3-6)4-9-7/h1-7H;1-3H,4H2. The lowest BCUT2D eigenvalue weighted by atomic mass is 10.1. The zero-order valence-electron chi connectivity index (χ0n) is 12.0. The van der Waals surface area contributed by atoms with Gasteiger partial charge in [0, 0.05) is 20.1 Å². The van der Waals surface area contributed by atoms with E-state index in [1.165, 1.54) is 5.56 Å². The summed E-state index contributed by atoms with van der Waals surface area (Å²) < 4.78 is 8.16. The van der Waals surface area contributed by atoms with Crippen molar-refractivity contribution in [3.8, 4) is 17.0 Å². The SMILES string of the molecule is Brc1ccc2c(c1)CO2.Brc1cccc(-c2cccc(Br)n2)c1. The molecule has 2 nitrogen and oxygen atoms in total. The number of hydrogen-bond acceptors (Lipinski definition) is 2. The fourth-order valence-corrected chi connectivity index (χ4v) is 3.24. The van der Waals surface area contributed by atoms with Crippen LogP contribution in [0.3, 0.4) is 0 Å². The highest BCUT2D eigenvalue weighted by Crippen LogP contribution is 2.30. The fraction of sp³-hybridized carbons (Fsp3) is 0.0556. The first-order valence-corrected chi connectivity index (χ1v) is 9.29. The Bertz CT molecular complexity index is 793. The van der Waals surface area contributed by atoms with E-state index in [2.05, 4.69) is 64.9 Å². The quantitative estimate of drug-likeness (QED) is 0.353. The normalized spacial score (nSPS) is 11.4. The van der Waals surface area contributed by atoms with Gasteiger partial charge in [0.1, 0.15) is 17.0 Å². The van der Waals surface area contributed by atoms with Gasteiger partial charge in [-0.05, 0) is 58.4 Å². The molecule has 0 bridgehead atoms. The first kappa shape index (κ1) is 16.7. The van der Waals surface area contributed by atoms with Gasteiger partial charge in [-0.2, -0.15) is 0 Å². The number of rotatable bonds is 1. The first-order valence-electron chi connectivity index (χ1n) is 6.91. The van der Waals surface area contributed by atoms with Crippen LogP contribution in [0.2, 0.25) is 0 Å². The molecule has 116 valence electrons. The van der Waals surface area contributed by atoms with Gasteiger partial charge in [0.15, 0.2) is 0 Å². The van der Waals surface area contributed by atoms with Crippen LogP contribution in [0.5, 0.6) is 5.75 Å². The predicted octanol–water partition coefficient (Wildman–Crippen LogP) is 6.62. The Balaban J connectivity index is 0.000000149. The average Bonchev–Trinajstić information content (AvgIpc) is 2.51. The van der Waals surface area contributed by atoms with E-state index in [4.69, 9.17) is 4.74 Å². The molecular weight excluding hydrogens is 486 g/mol. The molecule has 0 radical (unpaired) electrons. The second kappa shape index (κ2) is 7.60. The highest BCUT2D eigenvalue weighted by molar-refractivity contribution is 9.11. The lowest BCUT2D eigenvalue weighted by Gasteiger charge is -2.19. The lowest BCUT2D eigenvalue weighted by Crippen LogP contribution is -2.08. The molecule has 0 saturated heterocycles. The van der Waals surface area contributed by atoms with Crippen LogP contribution in [0, 0.1) is 0 Å². The number of fused-ring (bicyclic) bond motifs is 1. The third-order valence-electron chi connectivity index (χ3n) is 3.24. The smallest absolute Gasteiger partial charge is 0.126 e. The third kappa shape index (κ3) is 4.43. The Morgan fingerprint density at radius 3 is 2.22 bits per heavy atom. The lowest BCUT2D eigenvalue weighted by molar-refractivity contribution is 0.243. The van der Waals surface area contributed by atoms with Gasteiger partial charge >= 0.3 is 0 Å². The highest BCUT2D eigenvalue weighted by Gasteiger charge is 2.12. The summed E-state index contributed by atoms with van der Waals surface area (Å²) in [6, 6.07) is 20.0. The second-order valence-electron chi connectivity index (χ2n) is 4.90. The van der Waals surface area contributed by atoms with Crippen LogP contribution in [-0.4, -0.2) is 4.98 Å². The molecule has 0 saturated carbocycles.